The minimum atomic E-state index is -0.669. The van der Waals surface area contributed by atoms with E-state index in [0.717, 1.165) is 11.3 Å². The molecular weight excluding hydrogens is 290 g/mol. The molecule has 1 aliphatic heterocycles. The minimum absolute atomic E-state index is 0.105. The number of amides is 2. The van der Waals surface area contributed by atoms with E-state index in [0.29, 0.717) is 18.5 Å². The van der Waals surface area contributed by atoms with Crippen molar-refractivity contribution >= 4 is 17.9 Å². The first-order valence-electron chi connectivity index (χ1n) is 7.43. The van der Waals surface area contributed by atoms with Crippen molar-refractivity contribution in [2.45, 2.75) is 12.5 Å². The molecule has 1 aromatic heterocycles. The van der Waals surface area contributed by atoms with E-state index in [1.807, 2.05) is 48.5 Å². The summed E-state index contributed by atoms with van der Waals surface area (Å²) in [5.41, 5.74) is 7.62. The SMILES string of the molecule is NC(=O)N1CC/C(=C/c2ccccn2)C(=O)C1c1ccccc1. The number of nitrogens with two attached hydrogens (primary N) is 1. The van der Waals surface area contributed by atoms with E-state index in [4.69, 9.17) is 5.73 Å². The number of aromatic nitrogens is 1. The van der Waals surface area contributed by atoms with Crippen LogP contribution in [0.25, 0.3) is 6.08 Å². The van der Waals surface area contributed by atoms with Crippen molar-refractivity contribution < 1.29 is 9.59 Å². The Labute approximate surface area is 134 Å². The van der Waals surface area contributed by atoms with Crippen molar-refractivity contribution in [3.05, 3.63) is 71.6 Å². The summed E-state index contributed by atoms with van der Waals surface area (Å²) < 4.78 is 0. The Morgan fingerprint density at radius 3 is 2.57 bits per heavy atom. The third-order valence-electron chi connectivity index (χ3n) is 3.91. The largest absolute Gasteiger partial charge is 0.351 e. The molecule has 1 aliphatic rings. The molecule has 23 heavy (non-hydrogen) atoms. The predicted octanol–water partition coefficient (Wildman–Crippen LogP) is 2.56. The minimum Gasteiger partial charge on any atom is -0.351 e. The van der Waals surface area contributed by atoms with E-state index < -0.39 is 12.1 Å². The van der Waals surface area contributed by atoms with E-state index in [1.54, 1.807) is 12.3 Å². The van der Waals surface area contributed by atoms with E-state index in [9.17, 15) is 9.59 Å². The Morgan fingerprint density at radius 1 is 1.17 bits per heavy atom. The van der Waals surface area contributed by atoms with Crippen LogP contribution in [-0.4, -0.2) is 28.2 Å². The number of rotatable bonds is 2. The number of Topliss-reactive ketones (excluding diaryl/α,β-unsaturated/α-hetero) is 1. The molecule has 5 nitrogen and oxygen atoms in total. The van der Waals surface area contributed by atoms with Gasteiger partial charge < -0.3 is 10.6 Å². The number of ketones is 1. The molecule has 1 atom stereocenters. The van der Waals surface area contributed by atoms with Crippen LogP contribution in [0.4, 0.5) is 4.79 Å². The third kappa shape index (κ3) is 3.13. The van der Waals surface area contributed by atoms with Crippen molar-refractivity contribution in [1.29, 1.82) is 0 Å². The summed E-state index contributed by atoms with van der Waals surface area (Å²) in [6, 6.07) is 13.5. The lowest BCUT2D eigenvalue weighted by Gasteiger charge is -2.34. The van der Waals surface area contributed by atoms with Gasteiger partial charge >= 0.3 is 6.03 Å². The zero-order valence-corrected chi connectivity index (χ0v) is 12.6. The predicted molar refractivity (Wildman–Crippen MR) is 87.3 cm³/mol. The van der Waals surface area contributed by atoms with Gasteiger partial charge in [0.1, 0.15) is 6.04 Å². The molecule has 0 radical (unpaired) electrons. The van der Waals surface area contributed by atoms with E-state index in [-0.39, 0.29) is 5.78 Å². The first-order chi connectivity index (χ1) is 11.2. The van der Waals surface area contributed by atoms with Gasteiger partial charge in [0.25, 0.3) is 0 Å². The maximum atomic E-state index is 12.9. The fraction of sp³-hybridized carbons (Fsp3) is 0.167. The van der Waals surface area contributed by atoms with Crippen LogP contribution in [0.2, 0.25) is 0 Å². The van der Waals surface area contributed by atoms with E-state index >= 15 is 0 Å². The van der Waals surface area contributed by atoms with Crippen LogP contribution >= 0.6 is 0 Å². The average Bonchev–Trinajstić information content (AvgIpc) is 2.58. The second-order valence-electron chi connectivity index (χ2n) is 5.38. The zero-order chi connectivity index (χ0) is 16.2. The van der Waals surface area contributed by atoms with Gasteiger partial charge in [0, 0.05) is 18.3 Å². The van der Waals surface area contributed by atoms with E-state index in [1.165, 1.54) is 4.90 Å². The number of carbonyl (C=O) groups is 2. The summed E-state index contributed by atoms with van der Waals surface area (Å²) in [6.07, 6.45) is 3.95. The maximum absolute atomic E-state index is 12.9. The lowest BCUT2D eigenvalue weighted by molar-refractivity contribution is -0.121. The summed E-state index contributed by atoms with van der Waals surface area (Å²) >= 11 is 0. The normalized spacial score (nSPS) is 19.8. The van der Waals surface area contributed by atoms with Gasteiger partial charge in [0.2, 0.25) is 0 Å². The van der Waals surface area contributed by atoms with Gasteiger partial charge in [0.15, 0.2) is 5.78 Å². The smallest absolute Gasteiger partial charge is 0.315 e. The number of likely N-dealkylation sites (tertiary alicyclic amines) is 1. The summed E-state index contributed by atoms with van der Waals surface area (Å²) in [4.78, 5) is 30.3. The number of hydrogen-bond acceptors (Lipinski definition) is 3. The fourth-order valence-electron chi connectivity index (χ4n) is 2.80. The average molecular weight is 307 g/mol. The van der Waals surface area contributed by atoms with Crippen molar-refractivity contribution in [3.8, 4) is 0 Å². The molecule has 5 heteroatoms. The summed E-state index contributed by atoms with van der Waals surface area (Å²) in [5.74, 6) is -0.105. The van der Waals surface area contributed by atoms with Crippen LogP contribution in [0.15, 0.2) is 60.3 Å². The zero-order valence-electron chi connectivity index (χ0n) is 12.6. The van der Waals surface area contributed by atoms with Gasteiger partial charge in [-0.15, -0.1) is 0 Å². The molecule has 0 aliphatic carbocycles. The molecule has 2 amide bonds. The van der Waals surface area contributed by atoms with Crippen molar-refractivity contribution in [2.75, 3.05) is 6.54 Å². The Hall–Kier alpha value is -2.95. The molecule has 1 fully saturated rings. The number of urea groups is 1. The van der Waals surface area contributed by atoms with Crippen molar-refractivity contribution in [1.82, 2.24) is 9.88 Å². The second kappa shape index (κ2) is 6.44. The molecule has 0 saturated carbocycles. The topological polar surface area (TPSA) is 76.3 Å². The van der Waals surface area contributed by atoms with Crippen molar-refractivity contribution in [2.24, 2.45) is 5.73 Å². The third-order valence-corrected chi connectivity index (χ3v) is 3.91. The molecule has 1 saturated heterocycles. The highest BCUT2D eigenvalue weighted by Crippen LogP contribution is 2.31. The number of hydrogen-bond donors (Lipinski definition) is 1. The second-order valence-corrected chi connectivity index (χ2v) is 5.38. The Kier molecular flexibility index (Phi) is 4.19. The van der Waals surface area contributed by atoms with Gasteiger partial charge in [-0.25, -0.2) is 4.79 Å². The Balaban J connectivity index is 1.98. The molecule has 3 rings (SSSR count). The van der Waals surface area contributed by atoms with Crippen molar-refractivity contribution in [3.63, 3.8) is 0 Å². The summed E-state index contributed by atoms with van der Waals surface area (Å²) in [6.45, 7) is 0.416. The fourth-order valence-corrected chi connectivity index (χ4v) is 2.80. The molecule has 2 aromatic rings. The monoisotopic (exact) mass is 307 g/mol. The van der Waals surface area contributed by atoms with Crippen LogP contribution in [-0.2, 0) is 4.79 Å². The molecule has 1 aromatic carbocycles. The molecule has 0 spiro atoms. The van der Waals surface area contributed by atoms with Gasteiger partial charge in [-0.2, -0.15) is 0 Å². The number of primary amides is 1. The number of pyridine rings is 1. The highest BCUT2D eigenvalue weighted by atomic mass is 16.2. The van der Waals surface area contributed by atoms with Crippen LogP contribution in [0.5, 0.6) is 0 Å². The highest BCUT2D eigenvalue weighted by molar-refractivity contribution is 6.05. The van der Waals surface area contributed by atoms with Crippen LogP contribution < -0.4 is 5.73 Å². The molecule has 2 N–H and O–H groups in total. The summed E-state index contributed by atoms with van der Waals surface area (Å²) in [7, 11) is 0. The van der Waals surface area contributed by atoms with Crippen LogP contribution in [0.1, 0.15) is 23.7 Å². The molecule has 2 heterocycles. The van der Waals surface area contributed by atoms with Gasteiger partial charge in [-0.1, -0.05) is 36.4 Å². The summed E-state index contributed by atoms with van der Waals surface area (Å²) in [5, 5.41) is 0. The number of nitrogens with zero attached hydrogens (tertiary/aromatic N) is 2. The number of piperidine rings is 1. The van der Waals surface area contributed by atoms with Crippen LogP contribution in [0, 0.1) is 0 Å². The standard InChI is InChI=1S/C18H17N3O2/c19-18(23)21-11-9-14(12-15-8-4-5-10-20-15)17(22)16(21)13-6-2-1-3-7-13/h1-8,10,12,16H,9,11H2,(H2,19,23)/b14-12-. The maximum Gasteiger partial charge on any atom is 0.315 e. The number of benzene rings is 1. The lowest BCUT2D eigenvalue weighted by atomic mass is 9.89. The van der Waals surface area contributed by atoms with E-state index in [2.05, 4.69) is 4.98 Å². The van der Waals surface area contributed by atoms with Gasteiger partial charge in [0.05, 0.1) is 5.69 Å². The first kappa shape index (κ1) is 15.0. The molecule has 1 unspecified atom stereocenters. The lowest BCUT2D eigenvalue weighted by Crippen LogP contribution is -2.46. The molecule has 0 bridgehead atoms. The molecular formula is C18H17N3O2. The molecule has 116 valence electrons. The van der Waals surface area contributed by atoms with Gasteiger partial charge in [-0.3, -0.25) is 9.78 Å². The Morgan fingerprint density at radius 2 is 1.91 bits per heavy atom. The number of carbonyl (C=O) groups excluding carboxylic acids is 2. The van der Waals surface area contributed by atoms with Crippen LogP contribution in [0.3, 0.4) is 0 Å². The van der Waals surface area contributed by atoms with Gasteiger partial charge in [-0.05, 0) is 30.2 Å². The Bertz CT molecular complexity index is 741. The quantitative estimate of drug-likeness (QED) is 0.866. The first-order valence-corrected chi connectivity index (χ1v) is 7.43. The highest BCUT2D eigenvalue weighted by Gasteiger charge is 2.36.